The van der Waals surface area contributed by atoms with Gasteiger partial charge >= 0.3 is 42.0 Å². The molecule has 4 atom stereocenters. The Bertz CT molecular complexity index is 3420. The van der Waals surface area contributed by atoms with Gasteiger partial charge in [0.2, 0.25) is 11.1 Å². The first-order valence-corrected chi connectivity index (χ1v) is 29.3. The number of β-lactam (4-membered cyclic amide) rings is 1. The Balaban J connectivity index is 0.929. The number of nitrogens with zero attached hydrogens (tertiary/aromatic N) is 7. The Hall–Kier alpha value is -9.56. The number of urea groups is 1. The molecule has 26 heteroatoms. The third-order valence-corrected chi connectivity index (χ3v) is 16.1. The van der Waals surface area contributed by atoms with Crippen LogP contribution in [0.25, 0.3) is 0 Å². The molecule has 2 fully saturated rings. The number of thioether (sulfide) groups is 2. The molecule has 0 bridgehead atoms. The molecule has 5 aromatic carbocycles. The van der Waals surface area contributed by atoms with Gasteiger partial charge in [0.15, 0.2) is 18.2 Å². The number of nitrogens with one attached hydrogen (secondary N) is 4. The van der Waals surface area contributed by atoms with Crippen LogP contribution in [0.1, 0.15) is 73.8 Å². The summed E-state index contributed by atoms with van der Waals surface area (Å²) in [6, 6.07) is 36.1. The van der Waals surface area contributed by atoms with E-state index in [4.69, 9.17) is 18.9 Å². The zero-order chi connectivity index (χ0) is 61.1. The number of hydrogen-bond donors (Lipinski definition) is 4. The summed E-state index contributed by atoms with van der Waals surface area (Å²) in [6.45, 7) is 5.96. The number of ether oxygens (including phenoxy) is 4. The number of likely N-dealkylation sites (N-methyl/N-ethyl adjacent to an activating group) is 1. The van der Waals surface area contributed by atoms with E-state index in [2.05, 4.69) is 36.8 Å². The van der Waals surface area contributed by atoms with Crippen molar-refractivity contribution in [3.63, 3.8) is 0 Å². The summed E-state index contributed by atoms with van der Waals surface area (Å²) < 4.78 is 24.6. The van der Waals surface area contributed by atoms with Crippen LogP contribution in [0, 0.1) is 0 Å². The van der Waals surface area contributed by atoms with Crippen LogP contribution in [0.2, 0.25) is 0 Å². The molecule has 1 aromatic heterocycles. The van der Waals surface area contributed by atoms with Crippen LogP contribution in [0.4, 0.5) is 20.1 Å². The standard InChI is InChI=1S/C60H61N11O13S2/c1-6-69-31-32-70(52(75)51(69)74)56(78)64-44(36-27-29-42(30-28-36)61-58(79)81-33-43(62-59(80)84-60(2,3)4)54(76)82-47(37-19-11-7-12-20-37)38-21-13-8-14-22-38)49(72)63-45-50(73)71-46(41(34-85-53(45)71)35-86-57-65-66-67-68(57)5)55(77)83-48(39-23-15-9-16-24-39)40-25-17-10-18-26-40/h7-30,43-45,47-48,53H,6,31-35H2,1-5H3,(H,61,79)(H,62,80)(H,63,72)(H,64,78)/t43?,44-,45-,53-/m1/s1. The molecule has 4 N–H and O–H groups in total. The molecule has 4 heterocycles. The van der Waals surface area contributed by atoms with Crippen molar-refractivity contribution < 1.29 is 62.1 Å². The third-order valence-electron chi connectivity index (χ3n) is 13.7. The van der Waals surface area contributed by atoms with Gasteiger partial charge in [-0.3, -0.25) is 34.3 Å². The number of tetrazole rings is 1. The van der Waals surface area contributed by atoms with Crippen LogP contribution in [0.3, 0.4) is 0 Å². The van der Waals surface area contributed by atoms with E-state index in [1.165, 1.54) is 62.3 Å². The fourth-order valence-electron chi connectivity index (χ4n) is 9.41. The fraction of sp³-hybridized carbons (Fsp3) is 0.300. The van der Waals surface area contributed by atoms with Crippen molar-refractivity contribution in [2.75, 3.05) is 43.1 Å². The maximum absolute atomic E-state index is 14.7. The lowest BCUT2D eigenvalue weighted by atomic mass is 10.00. The van der Waals surface area contributed by atoms with E-state index in [1.54, 1.807) is 83.3 Å². The van der Waals surface area contributed by atoms with Crippen molar-refractivity contribution in [3.05, 3.63) is 185 Å². The smallest absolute Gasteiger partial charge is 0.411 e. The van der Waals surface area contributed by atoms with Crippen LogP contribution >= 0.6 is 23.5 Å². The highest BCUT2D eigenvalue weighted by atomic mass is 32.2. The predicted molar refractivity (Wildman–Crippen MR) is 313 cm³/mol. The molecule has 0 aliphatic carbocycles. The summed E-state index contributed by atoms with van der Waals surface area (Å²) in [5, 5.41) is 21.6. The molecule has 6 aromatic rings. The average molecular weight is 1210 g/mol. The summed E-state index contributed by atoms with van der Waals surface area (Å²) in [5.41, 5.74) is 2.41. The topological polar surface area (TPSA) is 292 Å². The first-order chi connectivity index (χ1) is 41.4. The highest BCUT2D eigenvalue weighted by molar-refractivity contribution is 8.01. The Morgan fingerprint density at radius 3 is 1.81 bits per heavy atom. The maximum atomic E-state index is 14.7. The monoisotopic (exact) mass is 1210 g/mol. The first kappa shape index (κ1) is 61.0. The van der Waals surface area contributed by atoms with E-state index in [0.29, 0.717) is 37.9 Å². The second-order valence-corrected chi connectivity index (χ2v) is 22.8. The minimum absolute atomic E-state index is 0.0147. The molecule has 86 heavy (non-hydrogen) atoms. The van der Waals surface area contributed by atoms with E-state index < -0.39 is 102 Å². The van der Waals surface area contributed by atoms with Gasteiger partial charge in [-0.05, 0) is 83.6 Å². The van der Waals surface area contributed by atoms with Gasteiger partial charge in [0.1, 0.15) is 35.4 Å². The van der Waals surface area contributed by atoms with Crippen molar-refractivity contribution in [1.29, 1.82) is 0 Å². The lowest BCUT2D eigenvalue weighted by Gasteiger charge is -2.50. The molecule has 3 aliphatic rings. The highest BCUT2D eigenvalue weighted by Gasteiger charge is 2.55. The number of aromatic nitrogens is 4. The van der Waals surface area contributed by atoms with E-state index in [1.807, 2.05) is 72.8 Å². The lowest BCUT2D eigenvalue weighted by Crippen LogP contribution is -2.71. The number of carbonyl (C=O) groups is 9. The number of hydrogen-bond acceptors (Lipinski definition) is 18. The van der Waals surface area contributed by atoms with Crippen LogP contribution in [-0.4, -0.2) is 149 Å². The number of carbonyl (C=O) groups excluding carboxylic acids is 9. The number of alkyl carbamates (subject to hydrolysis) is 1. The maximum Gasteiger partial charge on any atom is 0.411 e. The quantitative estimate of drug-likeness (QED) is 0.0217. The molecule has 0 saturated carbocycles. The number of piperazine rings is 1. The van der Waals surface area contributed by atoms with Crippen LogP contribution < -0.4 is 21.3 Å². The normalized spacial score (nSPS) is 16.5. The molecule has 1 unspecified atom stereocenters. The third kappa shape index (κ3) is 14.7. The van der Waals surface area contributed by atoms with Crippen LogP contribution in [0.5, 0.6) is 0 Å². The van der Waals surface area contributed by atoms with Gasteiger partial charge in [0.25, 0.3) is 5.91 Å². The van der Waals surface area contributed by atoms with Gasteiger partial charge in [0.05, 0.1) is 0 Å². The zero-order valence-corrected chi connectivity index (χ0v) is 49.0. The number of esters is 2. The van der Waals surface area contributed by atoms with Gasteiger partial charge in [-0.15, -0.1) is 16.9 Å². The largest absolute Gasteiger partial charge is 0.451 e. The van der Waals surface area contributed by atoms with Gasteiger partial charge in [-0.2, -0.15) is 0 Å². The fourth-order valence-corrected chi connectivity index (χ4v) is 11.7. The van der Waals surface area contributed by atoms with E-state index in [0.717, 1.165) is 0 Å². The molecule has 9 rings (SSSR count). The molecule has 0 spiro atoms. The van der Waals surface area contributed by atoms with Gasteiger partial charge in [0, 0.05) is 43.9 Å². The Labute approximate surface area is 502 Å². The number of fused-ring (bicyclic) bond motifs is 1. The lowest BCUT2D eigenvalue weighted by molar-refractivity contribution is -0.155. The summed E-state index contributed by atoms with van der Waals surface area (Å²) in [6.07, 6.45) is -3.82. The molecule has 24 nitrogen and oxygen atoms in total. The first-order valence-electron chi connectivity index (χ1n) is 27.2. The Morgan fingerprint density at radius 2 is 1.28 bits per heavy atom. The minimum Gasteiger partial charge on any atom is -0.451 e. The molecule has 446 valence electrons. The molecule has 0 radical (unpaired) electrons. The number of benzene rings is 5. The van der Waals surface area contributed by atoms with E-state index in [-0.39, 0.29) is 48.1 Å². The Kier molecular flexibility index (Phi) is 19.5. The number of aryl methyl sites for hydroxylation is 1. The summed E-state index contributed by atoms with van der Waals surface area (Å²) >= 11 is 2.53. The molecular formula is C60H61N11O13S2. The average Bonchev–Trinajstić information content (AvgIpc) is 0.814. The van der Waals surface area contributed by atoms with Crippen LogP contribution in [-0.2, 0) is 54.8 Å². The summed E-state index contributed by atoms with van der Waals surface area (Å²) in [5.74, 6) is -4.92. The second kappa shape index (κ2) is 27.4. The predicted octanol–water partition coefficient (Wildman–Crippen LogP) is 6.21. The van der Waals surface area contributed by atoms with Crippen molar-refractivity contribution in [2.24, 2.45) is 7.05 Å². The van der Waals surface area contributed by atoms with Gasteiger partial charge < -0.3 is 39.8 Å². The SMILES string of the molecule is CCN1CCN(C(=O)N[C@@H](C(=O)N[C@@H]2C(=O)N3C(C(=O)OC(c4ccccc4)c4ccccc4)=C(CSc4nnnn4C)CS[C@H]23)c2ccc(NC(=O)OCC(NC(=O)OC(C)(C)C)C(=O)OC(c3ccccc3)c3ccccc3)cc2)C(=O)C1=O. The van der Waals surface area contributed by atoms with Crippen LogP contribution in [0.15, 0.2) is 162 Å². The molecular weight excluding hydrogens is 1150 g/mol. The molecule has 8 amide bonds. The van der Waals surface area contributed by atoms with Crippen molar-refractivity contribution in [3.8, 4) is 0 Å². The highest BCUT2D eigenvalue weighted by Crippen LogP contribution is 2.43. The number of amides is 8. The second-order valence-electron chi connectivity index (χ2n) is 20.7. The van der Waals surface area contributed by atoms with E-state index >= 15 is 0 Å². The Morgan fingerprint density at radius 1 is 0.709 bits per heavy atom. The van der Waals surface area contributed by atoms with Crippen molar-refractivity contribution in [2.45, 2.75) is 74.2 Å². The molecule has 3 aliphatic heterocycles. The number of anilines is 1. The minimum atomic E-state index is -1.63. The molecule has 2 saturated heterocycles. The summed E-state index contributed by atoms with van der Waals surface area (Å²) in [4.78, 5) is 128. The van der Waals surface area contributed by atoms with Gasteiger partial charge in [-0.1, -0.05) is 145 Å². The van der Waals surface area contributed by atoms with Gasteiger partial charge in [-0.25, -0.2) is 28.7 Å². The zero-order valence-electron chi connectivity index (χ0n) is 47.3. The van der Waals surface area contributed by atoms with Crippen molar-refractivity contribution >= 4 is 83.0 Å². The number of rotatable bonds is 20. The van der Waals surface area contributed by atoms with Crippen molar-refractivity contribution in [1.82, 2.24) is 50.9 Å². The van der Waals surface area contributed by atoms with E-state index in [9.17, 15) is 43.2 Å². The number of imide groups is 1. The summed E-state index contributed by atoms with van der Waals surface area (Å²) in [7, 11) is 1.67.